The predicted octanol–water partition coefficient (Wildman–Crippen LogP) is 12.6. The third-order valence-electron chi connectivity index (χ3n) is 9.02. The molecule has 8 nitrogen and oxygen atoms in total. The molecule has 0 aromatic rings. The van der Waals surface area contributed by atoms with Gasteiger partial charge in [-0.05, 0) is 51.0 Å². The van der Waals surface area contributed by atoms with Crippen molar-refractivity contribution in [2.24, 2.45) is 0 Å². The highest BCUT2D eigenvalue weighted by Gasteiger charge is 2.26. The van der Waals surface area contributed by atoms with Crippen LogP contribution in [0.4, 0.5) is 0 Å². The molecule has 0 fully saturated rings. The molecule has 0 aliphatic carbocycles. The van der Waals surface area contributed by atoms with E-state index in [1.807, 2.05) is 27.2 Å². The third kappa shape index (κ3) is 39.8. The van der Waals surface area contributed by atoms with Gasteiger partial charge in [0.15, 0.2) is 6.10 Å². The fourth-order valence-corrected chi connectivity index (χ4v) is 6.39. The van der Waals surface area contributed by atoms with Crippen molar-refractivity contribution in [2.75, 3.05) is 47.5 Å². The number of hydrogen-bond acceptors (Lipinski definition) is 6. The van der Waals surface area contributed by atoms with Gasteiger partial charge in [0.1, 0.15) is 19.8 Å². The summed E-state index contributed by atoms with van der Waals surface area (Å²) >= 11 is 0. The van der Waals surface area contributed by atoms with Crippen LogP contribution in [0.5, 0.6) is 0 Å². The molecule has 0 saturated carbocycles. The fourth-order valence-electron chi connectivity index (χ4n) is 5.65. The molecule has 0 bridgehead atoms. The number of nitrogens with zero attached hydrogens (tertiary/aromatic N) is 1. The van der Waals surface area contributed by atoms with E-state index in [1.54, 1.807) is 6.26 Å². The highest BCUT2D eigenvalue weighted by atomic mass is 31.2. The minimum Gasteiger partial charge on any atom is -0.498 e. The van der Waals surface area contributed by atoms with Gasteiger partial charge in [0, 0.05) is 6.42 Å². The molecule has 0 aromatic carbocycles. The number of carbonyl (C=O) groups excluding carboxylic acids is 1. The summed E-state index contributed by atoms with van der Waals surface area (Å²) in [5.74, 6) is -0.350. The number of unbranched alkanes of at least 4 members (excludes halogenated alkanes) is 21. The van der Waals surface area contributed by atoms with Gasteiger partial charge in [-0.3, -0.25) is 13.8 Å². The Morgan fingerprint density at radius 1 is 0.615 bits per heavy atom. The Bertz CT molecular complexity index is 931. The van der Waals surface area contributed by atoms with E-state index in [1.165, 1.54) is 103 Å². The second-order valence-electron chi connectivity index (χ2n) is 15.4. The zero-order valence-corrected chi connectivity index (χ0v) is 35.4. The van der Waals surface area contributed by atoms with E-state index in [2.05, 4.69) is 38.2 Å². The number of esters is 1. The Morgan fingerprint density at radius 2 is 1.10 bits per heavy atom. The van der Waals surface area contributed by atoms with Crippen molar-refractivity contribution in [3.63, 3.8) is 0 Å². The van der Waals surface area contributed by atoms with Gasteiger partial charge in [0.2, 0.25) is 0 Å². The molecule has 0 aliphatic heterocycles. The molecule has 2 atom stereocenters. The first-order chi connectivity index (χ1) is 25.1. The molecular formula is C43H83NO7P+. The molecule has 52 heavy (non-hydrogen) atoms. The SMILES string of the molecule is CCCC/C=C\C/C=C\CCCCCCCC(=O)O[C@H](CO/C=C\CCCCCCCCCCCCCCCC)COP(=O)(O)OCC[N+](C)(C)C. The molecule has 0 heterocycles. The minimum atomic E-state index is -4.29. The number of phosphoric acid groups is 1. The first kappa shape index (κ1) is 50.6. The monoisotopic (exact) mass is 757 g/mol. The van der Waals surface area contributed by atoms with Gasteiger partial charge in [-0.15, -0.1) is 0 Å². The number of hydrogen-bond donors (Lipinski definition) is 1. The number of ether oxygens (including phenoxy) is 2. The van der Waals surface area contributed by atoms with Crippen molar-refractivity contribution in [1.29, 1.82) is 0 Å². The zero-order chi connectivity index (χ0) is 38.4. The van der Waals surface area contributed by atoms with Gasteiger partial charge < -0.3 is 18.9 Å². The first-order valence-electron chi connectivity index (χ1n) is 21.3. The highest BCUT2D eigenvalue weighted by molar-refractivity contribution is 7.47. The number of allylic oxidation sites excluding steroid dienone is 5. The second-order valence-corrected chi connectivity index (χ2v) is 16.9. The van der Waals surface area contributed by atoms with Crippen molar-refractivity contribution in [1.82, 2.24) is 0 Å². The van der Waals surface area contributed by atoms with E-state index >= 15 is 0 Å². The summed E-state index contributed by atoms with van der Waals surface area (Å²) in [6.07, 6.45) is 42.7. The van der Waals surface area contributed by atoms with Crippen LogP contribution in [0.2, 0.25) is 0 Å². The number of quaternary nitrogens is 1. The Morgan fingerprint density at radius 3 is 1.63 bits per heavy atom. The normalized spacial score (nSPS) is 14.1. The van der Waals surface area contributed by atoms with Crippen LogP contribution >= 0.6 is 7.82 Å². The third-order valence-corrected chi connectivity index (χ3v) is 10.0. The highest BCUT2D eigenvalue weighted by Crippen LogP contribution is 2.43. The van der Waals surface area contributed by atoms with Crippen molar-refractivity contribution >= 4 is 13.8 Å². The molecule has 0 rings (SSSR count). The topological polar surface area (TPSA) is 91.3 Å². The lowest BCUT2D eigenvalue weighted by molar-refractivity contribution is -0.870. The Balaban J connectivity index is 4.32. The molecule has 9 heteroatoms. The van der Waals surface area contributed by atoms with Crippen LogP contribution in [-0.2, 0) is 27.9 Å². The maximum atomic E-state index is 12.6. The van der Waals surface area contributed by atoms with Crippen molar-refractivity contribution in [3.05, 3.63) is 36.6 Å². The summed E-state index contributed by atoms with van der Waals surface area (Å²) in [6.45, 7) is 4.88. The first-order valence-corrected chi connectivity index (χ1v) is 22.8. The predicted molar refractivity (Wildman–Crippen MR) is 219 cm³/mol. The molecular weight excluding hydrogens is 673 g/mol. The summed E-state index contributed by atoms with van der Waals surface area (Å²) in [5.41, 5.74) is 0. The average molecular weight is 757 g/mol. The summed E-state index contributed by atoms with van der Waals surface area (Å²) in [4.78, 5) is 22.8. The molecule has 0 radical (unpaired) electrons. The lowest BCUT2D eigenvalue weighted by Gasteiger charge is -2.24. The molecule has 306 valence electrons. The number of likely N-dealkylation sites (N-methyl/N-ethyl adjacent to an activating group) is 1. The Hall–Kier alpha value is -1.44. The van der Waals surface area contributed by atoms with Gasteiger partial charge in [-0.2, -0.15) is 0 Å². The van der Waals surface area contributed by atoms with Crippen LogP contribution in [0.15, 0.2) is 36.6 Å². The van der Waals surface area contributed by atoms with Crippen molar-refractivity contribution < 1.29 is 37.3 Å². The van der Waals surface area contributed by atoms with E-state index in [0.717, 1.165) is 57.8 Å². The van der Waals surface area contributed by atoms with E-state index in [0.29, 0.717) is 17.4 Å². The van der Waals surface area contributed by atoms with E-state index in [9.17, 15) is 14.3 Å². The second kappa shape index (κ2) is 36.5. The summed E-state index contributed by atoms with van der Waals surface area (Å²) in [6, 6.07) is 0. The average Bonchev–Trinajstić information content (AvgIpc) is 3.09. The van der Waals surface area contributed by atoms with Crippen molar-refractivity contribution in [3.8, 4) is 0 Å². The maximum absolute atomic E-state index is 12.6. The summed E-state index contributed by atoms with van der Waals surface area (Å²) in [5, 5.41) is 0. The fraction of sp³-hybridized carbons (Fsp3) is 0.837. The van der Waals surface area contributed by atoms with Gasteiger partial charge in [0.05, 0.1) is 34.0 Å². The van der Waals surface area contributed by atoms with Gasteiger partial charge in [-0.1, -0.05) is 154 Å². The maximum Gasteiger partial charge on any atom is 0.472 e. The molecule has 0 spiro atoms. The quantitative estimate of drug-likeness (QED) is 0.0167. The van der Waals surface area contributed by atoms with Crippen molar-refractivity contribution in [2.45, 2.75) is 187 Å². The summed E-state index contributed by atoms with van der Waals surface area (Å²) < 4.78 is 34.7. The zero-order valence-electron chi connectivity index (χ0n) is 34.5. The lowest BCUT2D eigenvalue weighted by atomic mass is 10.0. The molecule has 1 N–H and O–H groups in total. The smallest absolute Gasteiger partial charge is 0.472 e. The number of carbonyl (C=O) groups is 1. The van der Waals surface area contributed by atoms with Crippen LogP contribution in [0, 0.1) is 0 Å². The van der Waals surface area contributed by atoms with E-state index in [-0.39, 0.29) is 25.8 Å². The number of rotatable bonds is 39. The van der Waals surface area contributed by atoms with Gasteiger partial charge in [-0.25, -0.2) is 4.57 Å². The largest absolute Gasteiger partial charge is 0.498 e. The van der Waals surface area contributed by atoms with E-state index in [4.69, 9.17) is 18.5 Å². The molecule has 0 aromatic heterocycles. The lowest BCUT2D eigenvalue weighted by Crippen LogP contribution is -2.37. The minimum absolute atomic E-state index is 0.0436. The Kier molecular flexibility index (Phi) is 35.5. The van der Waals surface area contributed by atoms with E-state index < -0.39 is 13.9 Å². The Labute approximate surface area is 321 Å². The number of phosphoric ester groups is 1. The van der Waals surface area contributed by atoms with Crippen LogP contribution in [0.25, 0.3) is 0 Å². The summed E-state index contributed by atoms with van der Waals surface area (Å²) in [7, 11) is 1.63. The molecule has 1 unspecified atom stereocenters. The van der Waals surface area contributed by atoms with Crippen LogP contribution in [0.1, 0.15) is 181 Å². The van der Waals surface area contributed by atoms with Gasteiger partial charge >= 0.3 is 13.8 Å². The van der Waals surface area contributed by atoms with Crippen LogP contribution in [-0.4, -0.2) is 69.0 Å². The molecule has 0 saturated heterocycles. The van der Waals surface area contributed by atoms with Crippen LogP contribution in [0.3, 0.4) is 0 Å². The molecule has 0 amide bonds. The van der Waals surface area contributed by atoms with Crippen LogP contribution < -0.4 is 0 Å². The molecule has 0 aliphatic rings. The van der Waals surface area contributed by atoms with Gasteiger partial charge in [0.25, 0.3) is 0 Å². The standard InChI is InChI=1S/C43H82NO7P/c1-6-8-10-12-14-16-18-20-22-23-25-27-29-31-33-35-38-48-40-42(41-50-52(46,47)49-39-37-44(3,4)5)51-43(45)36-34-32-30-28-26-24-21-19-17-15-13-11-9-7-2/h13,15,19,21,35,38,42H,6-12,14,16-18,20,22-34,36-37,39-41H2,1-5H3/p+1/b15-13-,21-19-,38-35-/t42-/m1/s1.